The fourth-order valence-electron chi connectivity index (χ4n) is 1.49. The predicted molar refractivity (Wildman–Crippen MR) is 62.5 cm³/mol. The smallest absolute Gasteiger partial charge is 0.175 e. The lowest BCUT2D eigenvalue weighted by atomic mass is 10.1. The molecule has 1 heterocycles. The zero-order valence-electron chi connectivity index (χ0n) is 8.45. The minimum Gasteiger partial charge on any atom is -0.493 e. The summed E-state index contributed by atoms with van der Waals surface area (Å²) in [6, 6.07) is 3.86. The number of halogens is 1. The molecule has 0 atom stereocenters. The molecule has 0 saturated carbocycles. The lowest BCUT2D eigenvalue weighted by molar-refractivity contribution is 0.354. The molecule has 1 aromatic carbocycles. The van der Waals surface area contributed by atoms with Gasteiger partial charge in [0.2, 0.25) is 0 Å². The first-order valence-electron chi connectivity index (χ1n) is 4.42. The van der Waals surface area contributed by atoms with Crippen LogP contribution in [0.15, 0.2) is 29.0 Å². The van der Waals surface area contributed by atoms with Crippen LogP contribution in [0.2, 0.25) is 0 Å². The van der Waals surface area contributed by atoms with E-state index in [0.717, 1.165) is 15.2 Å². The molecule has 0 aliphatic carbocycles. The van der Waals surface area contributed by atoms with Gasteiger partial charge >= 0.3 is 0 Å². The second-order valence-corrected chi connectivity index (χ2v) is 3.82. The number of methoxy groups -OCH3 is 2. The Labute approximate surface area is 96.2 Å². The van der Waals surface area contributed by atoms with Gasteiger partial charge in [-0.05, 0) is 33.4 Å². The van der Waals surface area contributed by atoms with Crippen LogP contribution < -0.4 is 9.47 Å². The molecule has 2 aromatic rings. The van der Waals surface area contributed by atoms with E-state index in [1.165, 1.54) is 0 Å². The van der Waals surface area contributed by atoms with Crippen LogP contribution in [0, 0.1) is 0 Å². The topological polar surface area (TPSA) is 31.4 Å². The minimum atomic E-state index is 0.693. The SMILES string of the molecule is COc1cc2ccncc2c(Br)c1OC. The quantitative estimate of drug-likeness (QED) is 0.838. The zero-order chi connectivity index (χ0) is 10.8. The number of rotatable bonds is 2. The maximum atomic E-state index is 5.28. The summed E-state index contributed by atoms with van der Waals surface area (Å²) in [7, 11) is 3.24. The van der Waals surface area contributed by atoms with E-state index >= 15 is 0 Å². The van der Waals surface area contributed by atoms with Gasteiger partial charge in [0, 0.05) is 17.8 Å². The Balaban J connectivity index is 2.81. The number of hydrogen-bond donors (Lipinski definition) is 0. The molecule has 0 N–H and O–H groups in total. The molecule has 4 heteroatoms. The first-order valence-corrected chi connectivity index (χ1v) is 5.21. The number of benzene rings is 1. The largest absolute Gasteiger partial charge is 0.493 e. The van der Waals surface area contributed by atoms with Crippen molar-refractivity contribution in [1.29, 1.82) is 0 Å². The molecule has 3 nitrogen and oxygen atoms in total. The summed E-state index contributed by atoms with van der Waals surface area (Å²) < 4.78 is 11.4. The number of pyridine rings is 1. The van der Waals surface area contributed by atoms with E-state index in [0.29, 0.717) is 11.5 Å². The summed E-state index contributed by atoms with van der Waals surface area (Å²) in [5.41, 5.74) is 0. The lowest BCUT2D eigenvalue weighted by Gasteiger charge is -2.11. The van der Waals surface area contributed by atoms with E-state index in [-0.39, 0.29) is 0 Å². The van der Waals surface area contributed by atoms with Gasteiger partial charge < -0.3 is 9.47 Å². The van der Waals surface area contributed by atoms with E-state index < -0.39 is 0 Å². The zero-order valence-corrected chi connectivity index (χ0v) is 10.0. The molecule has 0 radical (unpaired) electrons. The Morgan fingerprint density at radius 2 is 2.07 bits per heavy atom. The highest BCUT2D eigenvalue weighted by molar-refractivity contribution is 9.10. The monoisotopic (exact) mass is 267 g/mol. The van der Waals surface area contributed by atoms with Crippen molar-refractivity contribution in [1.82, 2.24) is 4.98 Å². The summed E-state index contributed by atoms with van der Waals surface area (Å²) >= 11 is 3.49. The van der Waals surface area contributed by atoms with Gasteiger partial charge in [0.15, 0.2) is 11.5 Å². The van der Waals surface area contributed by atoms with Gasteiger partial charge in [-0.25, -0.2) is 0 Å². The van der Waals surface area contributed by atoms with E-state index in [4.69, 9.17) is 9.47 Å². The van der Waals surface area contributed by atoms with Crippen molar-refractivity contribution in [2.45, 2.75) is 0 Å². The molecule has 0 aliphatic rings. The molecular weight excluding hydrogens is 258 g/mol. The summed E-state index contributed by atoms with van der Waals surface area (Å²) in [5.74, 6) is 1.40. The van der Waals surface area contributed by atoms with Gasteiger partial charge in [-0.2, -0.15) is 0 Å². The highest BCUT2D eigenvalue weighted by Gasteiger charge is 2.12. The van der Waals surface area contributed by atoms with Gasteiger partial charge in [-0.15, -0.1) is 0 Å². The number of hydrogen-bond acceptors (Lipinski definition) is 3. The lowest BCUT2D eigenvalue weighted by Crippen LogP contribution is -1.92. The van der Waals surface area contributed by atoms with Crippen molar-refractivity contribution in [2.75, 3.05) is 14.2 Å². The van der Waals surface area contributed by atoms with Gasteiger partial charge in [0.1, 0.15) is 0 Å². The van der Waals surface area contributed by atoms with Crippen molar-refractivity contribution in [3.05, 3.63) is 29.0 Å². The molecule has 0 saturated heterocycles. The average molecular weight is 268 g/mol. The van der Waals surface area contributed by atoms with Crippen molar-refractivity contribution >= 4 is 26.7 Å². The maximum absolute atomic E-state index is 5.28. The van der Waals surface area contributed by atoms with Gasteiger partial charge in [-0.3, -0.25) is 4.98 Å². The Kier molecular flexibility index (Phi) is 2.77. The van der Waals surface area contributed by atoms with Crippen molar-refractivity contribution < 1.29 is 9.47 Å². The van der Waals surface area contributed by atoms with Crippen LogP contribution >= 0.6 is 15.9 Å². The van der Waals surface area contributed by atoms with Gasteiger partial charge in [0.25, 0.3) is 0 Å². The summed E-state index contributed by atoms with van der Waals surface area (Å²) in [6.07, 6.45) is 3.54. The molecule has 0 aliphatic heterocycles. The van der Waals surface area contributed by atoms with E-state index in [9.17, 15) is 0 Å². The molecule has 0 unspecified atom stereocenters. The standard InChI is InChI=1S/C11H10BrNO2/c1-14-9-5-7-3-4-13-6-8(7)10(12)11(9)15-2/h3-6H,1-2H3. The van der Waals surface area contributed by atoms with Crippen LogP contribution in [0.1, 0.15) is 0 Å². The van der Waals surface area contributed by atoms with Crippen LogP contribution in [-0.2, 0) is 0 Å². The van der Waals surface area contributed by atoms with E-state index in [1.807, 2.05) is 12.1 Å². The number of nitrogens with zero attached hydrogens (tertiary/aromatic N) is 1. The van der Waals surface area contributed by atoms with E-state index in [1.54, 1.807) is 26.6 Å². The first kappa shape index (κ1) is 10.2. The van der Waals surface area contributed by atoms with Gasteiger partial charge in [-0.1, -0.05) is 0 Å². The average Bonchev–Trinajstić information content (AvgIpc) is 2.29. The molecular formula is C11H10BrNO2. The summed E-state index contributed by atoms with van der Waals surface area (Å²) in [4.78, 5) is 4.08. The third-order valence-corrected chi connectivity index (χ3v) is 3.01. The summed E-state index contributed by atoms with van der Waals surface area (Å²) in [5, 5.41) is 2.07. The summed E-state index contributed by atoms with van der Waals surface area (Å²) in [6.45, 7) is 0. The minimum absolute atomic E-state index is 0.693. The molecule has 78 valence electrons. The van der Waals surface area contributed by atoms with Gasteiger partial charge in [0.05, 0.1) is 18.7 Å². The third kappa shape index (κ3) is 1.65. The third-order valence-electron chi connectivity index (χ3n) is 2.23. The van der Waals surface area contributed by atoms with Crippen LogP contribution in [-0.4, -0.2) is 19.2 Å². The highest BCUT2D eigenvalue weighted by Crippen LogP contribution is 2.40. The maximum Gasteiger partial charge on any atom is 0.175 e. The number of aromatic nitrogens is 1. The van der Waals surface area contributed by atoms with Crippen molar-refractivity contribution in [3.8, 4) is 11.5 Å². The second kappa shape index (κ2) is 4.06. The Morgan fingerprint density at radius 3 is 2.73 bits per heavy atom. The molecule has 0 amide bonds. The predicted octanol–water partition coefficient (Wildman–Crippen LogP) is 3.01. The van der Waals surface area contributed by atoms with E-state index in [2.05, 4.69) is 20.9 Å². The molecule has 0 fully saturated rings. The van der Waals surface area contributed by atoms with Crippen LogP contribution in [0.25, 0.3) is 10.8 Å². The van der Waals surface area contributed by atoms with Crippen molar-refractivity contribution in [2.24, 2.45) is 0 Å². The Bertz CT molecular complexity index is 499. The van der Waals surface area contributed by atoms with Crippen LogP contribution in [0.5, 0.6) is 11.5 Å². The molecule has 2 rings (SSSR count). The molecule has 0 spiro atoms. The Morgan fingerprint density at radius 1 is 1.27 bits per heavy atom. The van der Waals surface area contributed by atoms with Crippen LogP contribution in [0.3, 0.4) is 0 Å². The second-order valence-electron chi connectivity index (χ2n) is 3.02. The number of ether oxygens (including phenoxy) is 2. The normalized spacial score (nSPS) is 10.3. The number of fused-ring (bicyclic) bond motifs is 1. The van der Waals surface area contributed by atoms with Crippen LogP contribution in [0.4, 0.5) is 0 Å². The molecule has 0 bridgehead atoms. The fraction of sp³-hybridized carbons (Fsp3) is 0.182. The molecule has 1 aromatic heterocycles. The first-order chi connectivity index (χ1) is 7.27. The molecule has 15 heavy (non-hydrogen) atoms. The van der Waals surface area contributed by atoms with Crippen molar-refractivity contribution in [3.63, 3.8) is 0 Å². The highest BCUT2D eigenvalue weighted by atomic mass is 79.9. The Hall–Kier alpha value is -1.29. The fourth-order valence-corrected chi connectivity index (χ4v) is 2.18.